The normalized spacial score (nSPS) is 10.4. The molecule has 0 saturated carbocycles. The fraction of sp³-hybridized carbons (Fsp3) is 0.100. The number of halogens is 1. The van der Waals surface area contributed by atoms with Gasteiger partial charge in [-0.1, -0.05) is 0 Å². The van der Waals surface area contributed by atoms with Crippen LogP contribution in [0, 0.1) is 14.9 Å². The molecule has 0 aromatic heterocycles. The third-order valence-corrected chi connectivity index (χ3v) is 2.34. The highest BCUT2D eigenvalue weighted by Gasteiger charge is 2.10. The van der Waals surface area contributed by atoms with E-state index in [4.69, 9.17) is 5.26 Å². The van der Waals surface area contributed by atoms with E-state index < -0.39 is 5.97 Å². The zero-order valence-corrected chi connectivity index (χ0v) is 10.6. The maximum atomic E-state index is 11.0. The van der Waals surface area contributed by atoms with Gasteiger partial charge in [-0.2, -0.15) is 10.4 Å². The molecule has 5 nitrogen and oxygen atoms in total. The molecular formula is C10H8IN3O2. The molecule has 0 heterocycles. The van der Waals surface area contributed by atoms with Gasteiger partial charge in [-0.25, -0.2) is 4.79 Å². The number of esters is 1. The number of hydrazone groups is 1. The standard InChI is InChI=1S/C10H8IN3O2/c1-16-10(15)9(6-12)14-13-8-4-2-7(11)3-5-8/h2-5,13H,1H3/b14-9-. The smallest absolute Gasteiger partial charge is 0.369 e. The molecule has 0 radical (unpaired) electrons. The van der Waals surface area contributed by atoms with Crippen LogP contribution in [-0.2, 0) is 9.53 Å². The van der Waals surface area contributed by atoms with Crippen molar-refractivity contribution in [2.75, 3.05) is 12.5 Å². The molecule has 1 aromatic rings. The number of anilines is 1. The van der Waals surface area contributed by atoms with Crippen LogP contribution >= 0.6 is 22.6 Å². The van der Waals surface area contributed by atoms with Crippen molar-refractivity contribution in [2.45, 2.75) is 0 Å². The Morgan fingerprint density at radius 2 is 2.12 bits per heavy atom. The van der Waals surface area contributed by atoms with E-state index in [1.807, 2.05) is 12.1 Å². The van der Waals surface area contributed by atoms with Crippen LogP contribution in [0.25, 0.3) is 0 Å². The average molecular weight is 329 g/mol. The molecule has 0 spiro atoms. The number of hydrogen-bond donors (Lipinski definition) is 1. The lowest BCUT2D eigenvalue weighted by Crippen LogP contribution is -2.15. The van der Waals surface area contributed by atoms with Gasteiger partial charge < -0.3 is 4.74 Å². The Balaban J connectivity index is 2.75. The van der Waals surface area contributed by atoms with Gasteiger partial charge in [-0.15, -0.1) is 0 Å². The predicted molar refractivity (Wildman–Crippen MR) is 67.8 cm³/mol. The van der Waals surface area contributed by atoms with E-state index in [0.717, 1.165) is 3.57 Å². The Morgan fingerprint density at radius 3 is 2.62 bits per heavy atom. The van der Waals surface area contributed by atoms with Crippen molar-refractivity contribution in [2.24, 2.45) is 5.10 Å². The van der Waals surface area contributed by atoms with Crippen molar-refractivity contribution in [3.05, 3.63) is 27.8 Å². The van der Waals surface area contributed by atoms with Crippen molar-refractivity contribution in [3.8, 4) is 6.07 Å². The van der Waals surface area contributed by atoms with E-state index in [-0.39, 0.29) is 5.71 Å². The van der Waals surface area contributed by atoms with Crippen LogP contribution in [0.4, 0.5) is 5.69 Å². The Kier molecular flexibility index (Phi) is 4.72. The molecule has 0 unspecified atom stereocenters. The molecule has 0 aliphatic heterocycles. The predicted octanol–water partition coefficient (Wildman–Crippen LogP) is 1.76. The molecule has 16 heavy (non-hydrogen) atoms. The monoisotopic (exact) mass is 329 g/mol. The molecule has 82 valence electrons. The maximum absolute atomic E-state index is 11.0. The number of carbonyl (C=O) groups is 1. The zero-order chi connectivity index (χ0) is 12.0. The van der Waals surface area contributed by atoms with Crippen LogP contribution in [0.5, 0.6) is 0 Å². The van der Waals surface area contributed by atoms with Gasteiger partial charge in [0.15, 0.2) is 0 Å². The molecule has 0 bridgehead atoms. The van der Waals surface area contributed by atoms with Crippen LogP contribution < -0.4 is 5.43 Å². The van der Waals surface area contributed by atoms with E-state index in [1.165, 1.54) is 7.11 Å². The van der Waals surface area contributed by atoms with Gasteiger partial charge in [0.25, 0.3) is 0 Å². The number of nitrogens with one attached hydrogen (secondary N) is 1. The maximum Gasteiger partial charge on any atom is 0.369 e. The number of ether oxygens (including phenoxy) is 1. The van der Waals surface area contributed by atoms with Gasteiger partial charge in [-0.05, 0) is 46.9 Å². The number of nitriles is 1. The summed E-state index contributed by atoms with van der Waals surface area (Å²) in [7, 11) is 1.19. The van der Waals surface area contributed by atoms with Gasteiger partial charge in [0.05, 0.1) is 12.8 Å². The topological polar surface area (TPSA) is 74.5 Å². The second-order valence-electron chi connectivity index (χ2n) is 2.68. The fourth-order valence-electron chi connectivity index (χ4n) is 0.858. The molecule has 0 saturated heterocycles. The number of rotatable bonds is 3. The average Bonchev–Trinajstić information content (AvgIpc) is 2.31. The fourth-order valence-corrected chi connectivity index (χ4v) is 1.22. The zero-order valence-electron chi connectivity index (χ0n) is 8.40. The highest BCUT2D eigenvalue weighted by molar-refractivity contribution is 14.1. The molecule has 1 aromatic carbocycles. The van der Waals surface area contributed by atoms with Crippen LogP contribution in [-0.4, -0.2) is 18.8 Å². The summed E-state index contributed by atoms with van der Waals surface area (Å²) in [6.07, 6.45) is 0. The second kappa shape index (κ2) is 6.07. The molecular weight excluding hydrogens is 321 g/mol. The quantitative estimate of drug-likeness (QED) is 0.397. The summed E-state index contributed by atoms with van der Waals surface area (Å²) < 4.78 is 5.46. The Labute approximate surface area is 106 Å². The molecule has 0 fully saturated rings. The number of hydrogen-bond acceptors (Lipinski definition) is 5. The van der Waals surface area contributed by atoms with E-state index >= 15 is 0 Å². The molecule has 0 aliphatic rings. The summed E-state index contributed by atoms with van der Waals surface area (Å²) in [6, 6.07) is 8.98. The first kappa shape index (κ1) is 12.4. The van der Waals surface area contributed by atoms with E-state index in [2.05, 4.69) is 37.9 Å². The first-order valence-electron chi connectivity index (χ1n) is 4.25. The van der Waals surface area contributed by atoms with Crippen molar-refractivity contribution < 1.29 is 9.53 Å². The molecule has 0 atom stereocenters. The van der Waals surface area contributed by atoms with Crippen molar-refractivity contribution >= 4 is 40.0 Å². The number of methoxy groups -OCH3 is 1. The van der Waals surface area contributed by atoms with Crippen LogP contribution in [0.2, 0.25) is 0 Å². The summed E-state index contributed by atoms with van der Waals surface area (Å²) in [5, 5.41) is 12.3. The molecule has 0 amide bonds. The van der Waals surface area contributed by atoms with Crippen LogP contribution in [0.15, 0.2) is 29.4 Å². The molecule has 1 rings (SSSR count). The third-order valence-electron chi connectivity index (χ3n) is 1.63. The van der Waals surface area contributed by atoms with Gasteiger partial charge in [-0.3, -0.25) is 5.43 Å². The lowest BCUT2D eigenvalue weighted by atomic mass is 10.3. The highest BCUT2D eigenvalue weighted by Crippen LogP contribution is 2.10. The minimum absolute atomic E-state index is 0.318. The van der Waals surface area contributed by atoms with Gasteiger partial charge >= 0.3 is 5.97 Å². The summed E-state index contributed by atoms with van der Waals surface area (Å²) >= 11 is 2.17. The minimum Gasteiger partial charge on any atom is -0.464 e. The van der Waals surface area contributed by atoms with Gasteiger partial charge in [0.2, 0.25) is 5.71 Å². The number of nitrogens with zero attached hydrogens (tertiary/aromatic N) is 2. The second-order valence-corrected chi connectivity index (χ2v) is 3.93. The third kappa shape index (κ3) is 3.51. The van der Waals surface area contributed by atoms with Crippen LogP contribution in [0.1, 0.15) is 0 Å². The Hall–Kier alpha value is -1.62. The number of carbonyl (C=O) groups excluding carboxylic acids is 1. The first-order chi connectivity index (χ1) is 7.67. The van der Waals surface area contributed by atoms with Crippen LogP contribution in [0.3, 0.4) is 0 Å². The SMILES string of the molecule is COC(=O)/C(C#N)=N\Nc1ccc(I)cc1. The molecule has 0 aliphatic carbocycles. The lowest BCUT2D eigenvalue weighted by molar-refractivity contribution is -0.132. The lowest BCUT2D eigenvalue weighted by Gasteiger charge is -2.00. The largest absolute Gasteiger partial charge is 0.464 e. The van der Waals surface area contributed by atoms with E-state index in [0.29, 0.717) is 5.69 Å². The molecule has 1 N–H and O–H groups in total. The van der Waals surface area contributed by atoms with Gasteiger partial charge in [0, 0.05) is 3.57 Å². The van der Waals surface area contributed by atoms with Crippen molar-refractivity contribution in [3.63, 3.8) is 0 Å². The van der Waals surface area contributed by atoms with E-state index in [1.54, 1.807) is 18.2 Å². The summed E-state index contributed by atoms with van der Waals surface area (Å²) in [4.78, 5) is 11.0. The summed E-state index contributed by atoms with van der Waals surface area (Å²) in [6.45, 7) is 0. The summed E-state index contributed by atoms with van der Waals surface area (Å²) in [5.74, 6) is -0.763. The van der Waals surface area contributed by atoms with Gasteiger partial charge in [0.1, 0.15) is 6.07 Å². The summed E-state index contributed by atoms with van der Waals surface area (Å²) in [5.41, 5.74) is 2.97. The number of benzene rings is 1. The van der Waals surface area contributed by atoms with E-state index in [9.17, 15) is 4.79 Å². The highest BCUT2D eigenvalue weighted by atomic mass is 127. The van der Waals surface area contributed by atoms with Crippen molar-refractivity contribution in [1.29, 1.82) is 5.26 Å². The Bertz CT molecular complexity index is 448. The Morgan fingerprint density at radius 1 is 1.50 bits per heavy atom. The molecule has 6 heteroatoms. The first-order valence-corrected chi connectivity index (χ1v) is 5.33. The van der Waals surface area contributed by atoms with Crippen molar-refractivity contribution in [1.82, 2.24) is 0 Å². The minimum atomic E-state index is -0.763.